The molecule has 0 unspecified atom stereocenters. The number of thiazole rings is 1. The Bertz CT molecular complexity index is 798. The lowest BCUT2D eigenvalue weighted by molar-refractivity contribution is -0.0329. The Labute approximate surface area is 145 Å². The molecule has 1 aliphatic rings. The maximum absolute atomic E-state index is 5.97. The molecule has 1 atom stereocenters. The van der Waals surface area contributed by atoms with E-state index in [4.69, 9.17) is 9.72 Å². The summed E-state index contributed by atoms with van der Waals surface area (Å²) in [6.45, 7) is 3.56. The van der Waals surface area contributed by atoms with Gasteiger partial charge in [0.05, 0.1) is 18.5 Å². The summed E-state index contributed by atoms with van der Waals surface area (Å²) in [6.07, 6.45) is 3.89. The first-order valence-corrected chi connectivity index (χ1v) is 8.98. The van der Waals surface area contributed by atoms with E-state index in [2.05, 4.69) is 45.7 Å². The first-order valence-electron chi connectivity index (χ1n) is 8.10. The molecule has 0 spiro atoms. The molecule has 1 aliphatic heterocycles. The van der Waals surface area contributed by atoms with E-state index in [9.17, 15) is 0 Å². The van der Waals surface area contributed by atoms with Gasteiger partial charge in [0.15, 0.2) is 0 Å². The largest absolute Gasteiger partial charge is 0.368 e. The highest BCUT2D eigenvalue weighted by Gasteiger charge is 2.24. The first kappa shape index (κ1) is 15.5. The van der Waals surface area contributed by atoms with Gasteiger partial charge in [0.2, 0.25) is 0 Å². The second-order valence-corrected chi connectivity index (χ2v) is 6.94. The predicted octanol–water partition coefficient (Wildman–Crippen LogP) is 3.12. The summed E-state index contributed by atoms with van der Waals surface area (Å²) in [5.74, 6) is 0. The van der Waals surface area contributed by atoms with Gasteiger partial charge < -0.3 is 4.74 Å². The Balaban J connectivity index is 1.45. The van der Waals surface area contributed by atoms with Crippen LogP contribution in [-0.2, 0) is 18.3 Å². The number of morpholine rings is 1. The SMILES string of the molecule is Cn1cc(-c2csc([C@H]3CN(Cc4ccccc4)CCO3)n2)cn1. The summed E-state index contributed by atoms with van der Waals surface area (Å²) < 4.78 is 7.77. The fourth-order valence-electron chi connectivity index (χ4n) is 2.96. The molecule has 1 fully saturated rings. The molecule has 124 valence electrons. The van der Waals surface area contributed by atoms with Crippen LogP contribution in [0.4, 0.5) is 0 Å². The molecule has 3 aromatic rings. The van der Waals surface area contributed by atoms with Gasteiger partial charge in [-0.1, -0.05) is 30.3 Å². The number of aromatic nitrogens is 3. The molecule has 0 bridgehead atoms. The quantitative estimate of drug-likeness (QED) is 0.732. The molecular weight excluding hydrogens is 320 g/mol. The van der Waals surface area contributed by atoms with Crippen LogP contribution >= 0.6 is 11.3 Å². The van der Waals surface area contributed by atoms with Crippen LogP contribution in [0.15, 0.2) is 48.1 Å². The van der Waals surface area contributed by atoms with Crippen LogP contribution in [0.3, 0.4) is 0 Å². The fraction of sp³-hybridized carbons (Fsp3) is 0.333. The minimum Gasteiger partial charge on any atom is -0.368 e. The lowest BCUT2D eigenvalue weighted by Crippen LogP contribution is -2.37. The zero-order valence-corrected chi connectivity index (χ0v) is 14.4. The van der Waals surface area contributed by atoms with E-state index in [1.165, 1.54) is 5.56 Å². The number of aryl methyl sites for hydroxylation is 1. The Kier molecular flexibility index (Phi) is 4.42. The number of benzene rings is 1. The van der Waals surface area contributed by atoms with Gasteiger partial charge in [-0.2, -0.15) is 5.10 Å². The molecule has 1 saturated heterocycles. The zero-order valence-electron chi connectivity index (χ0n) is 13.6. The van der Waals surface area contributed by atoms with Crippen LogP contribution in [0.2, 0.25) is 0 Å². The highest BCUT2D eigenvalue weighted by molar-refractivity contribution is 7.10. The molecule has 0 aliphatic carbocycles. The van der Waals surface area contributed by atoms with E-state index in [1.54, 1.807) is 16.0 Å². The van der Waals surface area contributed by atoms with Crippen LogP contribution in [0.1, 0.15) is 16.7 Å². The van der Waals surface area contributed by atoms with Crippen LogP contribution in [-0.4, -0.2) is 39.4 Å². The van der Waals surface area contributed by atoms with Crippen LogP contribution in [0.5, 0.6) is 0 Å². The van der Waals surface area contributed by atoms with Gasteiger partial charge >= 0.3 is 0 Å². The first-order chi connectivity index (χ1) is 11.8. The summed E-state index contributed by atoms with van der Waals surface area (Å²) in [7, 11) is 1.92. The van der Waals surface area contributed by atoms with Crippen LogP contribution < -0.4 is 0 Å². The van der Waals surface area contributed by atoms with Crippen molar-refractivity contribution in [3.63, 3.8) is 0 Å². The van der Waals surface area contributed by atoms with Gasteiger partial charge in [0.1, 0.15) is 11.1 Å². The highest BCUT2D eigenvalue weighted by Crippen LogP contribution is 2.29. The second kappa shape index (κ2) is 6.84. The summed E-state index contributed by atoms with van der Waals surface area (Å²) in [4.78, 5) is 7.21. The van der Waals surface area contributed by atoms with E-state index >= 15 is 0 Å². The normalized spacial score (nSPS) is 18.8. The van der Waals surface area contributed by atoms with E-state index in [1.807, 2.05) is 19.4 Å². The molecule has 6 heteroatoms. The summed E-state index contributed by atoms with van der Waals surface area (Å²) in [5.41, 5.74) is 3.37. The van der Waals surface area contributed by atoms with E-state index < -0.39 is 0 Å². The molecule has 0 radical (unpaired) electrons. The van der Waals surface area contributed by atoms with Gasteiger partial charge in [0, 0.05) is 43.8 Å². The van der Waals surface area contributed by atoms with Gasteiger partial charge in [-0.15, -0.1) is 11.3 Å². The number of ether oxygens (including phenoxy) is 1. The second-order valence-electron chi connectivity index (χ2n) is 6.05. The van der Waals surface area contributed by atoms with Crippen molar-refractivity contribution in [1.82, 2.24) is 19.7 Å². The molecule has 0 amide bonds. The summed E-state index contributed by atoms with van der Waals surface area (Å²) >= 11 is 1.67. The molecule has 3 heterocycles. The minimum atomic E-state index is 0.0536. The van der Waals surface area contributed by atoms with E-state index in [-0.39, 0.29) is 6.10 Å². The van der Waals surface area contributed by atoms with Gasteiger partial charge in [-0.3, -0.25) is 9.58 Å². The Morgan fingerprint density at radius 2 is 2.17 bits per heavy atom. The van der Waals surface area contributed by atoms with E-state index in [0.29, 0.717) is 0 Å². The Morgan fingerprint density at radius 1 is 1.29 bits per heavy atom. The summed E-state index contributed by atoms with van der Waals surface area (Å²) in [6, 6.07) is 10.6. The van der Waals surface area contributed by atoms with Crippen molar-refractivity contribution in [2.75, 3.05) is 19.7 Å². The van der Waals surface area contributed by atoms with E-state index in [0.717, 1.165) is 42.5 Å². The molecule has 0 N–H and O–H groups in total. The smallest absolute Gasteiger partial charge is 0.124 e. The Morgan fingerprint density at radius 3 is 2.96 bits per heavy atom. The van der Waals surface area contributed by atoms with Crippen molar-refractivity contribution in [2.45, 2.75) is 12.6 Å². The number of rotatable bonds is 4. The monoisotopic (exact) mass is 340 g/mol. The summed E-state index contributed by atoms with van der Waals surface area (Å²) in [5, 5.41) is 7.35. The molecule has 4 rings (SSSR count). The van der Waals surface area contributed by atoms with Crippen molar-refractivity contribution in [1.29, 1.82) is 0 Å². The van der Waals surface area contributed by atoms with Crippen LogP contribution in [0.25, 0.3) is 11.3 Å². The predicted molar refractivity (Wildman–Crippen MR) is 94.7 cm³/mol. The molecule has 24 heavy (non-hydrogen) atoms. The van der Waals surface area contributed by atoms with Crippen molar-refractivity contribution >= 4 is 11.3 Å². The molecule has 1 aromatic carbocycles. The van der Waals surface area contributed by atoms with Crippen molar-refractivity contribution < 1.29 is 4.74 Å². The van der Waals surface area contributed by atoms with Crippen molar-refractivity contribution in [3.8, 4) is 11.3 Å². The maximum atomic E-state index is 5.97. The van der Waals surface area contributed by atoms with Crippen LogP contribution in [0, 0.1) is 0 Å². The Hall–Kier alpha value is -2.02. The number of hydrogen-bond acceptors (Lipinski definition) is 5. The molecule has 0 saturated carbocycles. The third kappa shape index (κ3) is 3.40. The molecular formula is C18H20N4OS. The van der Waals surface area contributed by atoms with Gasteiger partial charge in [-0.05, 0) is 5.56 Å². The van der Waals surface area contributed by atoms with Gasteiger partial charge in [0.25, 0.3) is 0 Å². The van der Waals surface area contributed by atoms with Crippen molar-refractivity contribution in [3.05, 3.63) is 58.7 Å². The lowest BCUT2D eigenvalue weighted by Gasteiger charge is -2.31. The maximum Gasteiger partial charge on any atom is 0.124 e. The number of hydrogen-bond donors (Lipinski definition) is 0. The number of nitrogens with zero attached hydrogens (tertiary/aromatic N) is 4. The third-order valence-corrected chi connectivity index (χ3v) is 5.13. The molecule has 2 aromatic heterocycles. The average molecular weight is 340 g/mol. The van der Waals surface area contributed by atoms with Gasteiger partial charge in [-0.25, -0.2) is 4.98 Å². The molecule has 5 nitrogen and oxygen atoms in total. The third-order valence-electron chi connectivity index (χ3n) is 4.20. The topological polar surface area (TPSA) is 43.2 Å². The highest BCUT2D eigenvalue weighted by atomic mass is 32.1. The minimum absolute atomic E-state index is 0.0536. The fourth-order valence-corrected chi connectivity index (χ4v) is 3.83. The zero-order chi connectivity index (χ0) is 16.4. The standard InChI is InChI=1S/C18H20N4OS/c1-21-11-15(9-19-21)16-13-24-18(20-16)17-12-22(7-8-23-17)10-14-5-3-2-4-6-14/h2-6,9,11,13,17H,7-8,10,12H2,1H3/t17-/m1/s1. The van der Waals surface area contributed by atoms with Crippen molar-refractivity contribution in [2.24, 2.45) is 7.05 Å². The lowest BCUT2D eigenvalue weighted by atomic mass is 10.2. The average Bonchev–Trinajstić information content (AvgIpc) is 3.25.